The summed E-state index contributed by atoms with van der Waals surface area (Å²) in [5, 5.41) is 13.4. The minimum Gasteiger partial charge on any atom is -0.508 e. The number of aromatic hydroxyl groups is 1. The monoisotopic (exact) mass is 263 g/mol. The fraction of sp³-hybridized carbons (Fsp3) is 0.600. The number of phenolic OH excluding ortho intramolecular Hbond substituents is 1. The van der Waals surface area contributed by atoms with E-state index in [1.165, 1.54) is 11.1 Å². The molecule has 106 valence electrons. The van der Waals surface area contributed by atoms with Gasteiger partial charge in [0.25, 0.3) is 0 Å². The van der Waals surface area contributed by atoms with Crippen LogP contribution in [0.5, 0.6) is 5.75 Å². The van der Waals surface area contributed by atoms with Gasteiger partial charge in [0.2, 0.25) is 0 Å². The van der Waals surface area contributed by atoms with Crippen molar-refractivity contribution in [3.05, 3.63) is 28.8 Å². The van der Waals surface area contributed by atoms with Crippen LogP contribution in [0.15, 0.2) is 12.1 Å². The number of hydrogen-bond acceptors (Lipinski definition) is 4. The molecule has 0 atom stereocenters. The van der Waals surface area contributed by atoms with Gasteiger partial charge in [-0.2, -0.15) is 0 Å². The quantitative estimate of drug-likeness (QED) is 0.855. The predicted molar refractivity (Wildman–Crippen MR) is 78.4 cm³/mol. The number of rotatable bonds is 4. The maximum atomic E-state index is 10.0. The largest absolute Gasteiger partial charge is 0.508 e. The Morgan fingerprint density at radius 1 is 1.26 bits per heavy atom. The van der Waals surface area contributed by atoms with Crippen molar-refractivity contribution in [2.75, 3.05) is 40.3 Å². The summed E-state index contributed by atoms with van der Waals surface area (Å²) in [5.74, 6) is 0.412. The lowest BCUT2D eigenvalue weighted by molar-refractivity contribution is 0.232. The van der Waals surface area contributed by atoms with Crippen molar-refractivity contribution >= 4 is 0 Å². The molecule has 1 aromatic carbocycles. The molecule has 0 aliphatic carbocycles. The molecule has 0 spiro atoms. The topological polar surface area (TPSA) is 38.7 Å². The van der Waals surface area contributed by atoms with Crippen molar-refractivity contribution in [2.45, 2.75) is 20.0 Å². The summed E-state index contributed by atoms with van der Waals surface area (Å²) in [5.41, 5.74) is 3.61. The van der Waals surface area contributed by atoms with Gasteiger partial charge in [0.05, 0.1) is 0 Å². The molecule has 0 saturated carbocycles. The van der Waals surface area contributed by atoms with Crippen LogP contribution in [-0.2, 0) is 13.1 Å². The van der Waals surface area contributed by atoms with Gasteiger partial charge in [-0.25, -0.2) is 0 Å². The first kappa shape index (κ1) is 14.3. The highest BCUT2D eigenvalue weighted by Crippen LogP contribution is 2.26. The van der Waals surface area contributed by atoms with Gasteiger partial charge in [-0.15, -0.1) is 0 Å². The summed E-state index contributed by atoms with van der Waals surface area (Å²) in [6.45, 7) is 8.23. The number of nitrogens with one attached hydrogen (secondary N) is 1. The Balaban J connectivity index is 2.16. The molecule has 0 unspecified atom stereocenters. The molecular formula is C15H25N3O. The van der Waals surface area contributed by atoms with Gasteiger partial charge in [0, 0.05) is 44.8 Å². The Kier molecular flexibility index (Phi) is 4.80. The highest BCUT2D eigenvalue weighted by Gasteiger charge is 2.14. The first-order valence-corrected chi connectivity index (χ1v) is 6.96. The molecule has 1 heterocycles. The Labute approximate surface area is 116 Å². The summed E-state index contributed by atoms with van der Waals surface area (Å²) in [7, 11) is 4.06. The van der Waals surface area contributed by atoms with E-state index < -0.39 is 0 Å². The Bertz CT molecular complexity index is 426. The highest BCUT2D eigenvalue weighted by molar-refractivity contribution is 5.43. The van der Waals surface area contributed by atoms with Gasteiger partial charge in [-0.3, -0.25) is 4.90 Å². The zero-order valence-electron chi connectivity index (χ0n) is 12.2. The van der Waals surface area contributed by atoms with E-state index in [0.717, 1.165) is 44.8 Å². The van der Waals surface area contributed by atoms with Crippen LogP contribution < -0.4 is 5.32 Å². The zero-order chi connectivity index (χ0) is 13.8. The van der Waals surface area contributed by atoms with Gasteiger partial charge in [-0.05, 0) is 38.2 Å². The number of hydrogen-bond donors (Lipinski definition) is 2. The highest BCUT2D eigenvalue weighted by atomic mass is 16.3. The number of piperazine rings is 1. The van der Waals surface area contributed by atoms with Gasteiger partial charge in [0.15, 0.2) is 0 Å². The fourth-order valence-electron chi connectivity index (χ4n) is 2.59. The van der Waals surface area contributed by atoms with Crippen LogP contribution in [0.4, 0.5) is 0 Å². The lowest BCUT2D eigenvalue weighted by Gasteiger charge is -2.28. The molecule has 0 radical (unpaired) electrons. The lowest BCUT2D eigenvalue weighted by atomic mass is 10.00. The first-order chi connectivity index (χ1) is 9.08. The summed E-state index contributed by atoms with van der Waals surface area (Å²) >= 11 is 0. The molecule has 1 aliphatic rings. The van der Waals surface area contributed by atoms with Crippen LogP contribution in [0, 0.1) is 6.92 Å². The molecule has 1 aromatic rings. The third-order valence-electron chi connectivity index (χ3n) is 3.76. The molecule has 4 nitrogen and oxygen atoms in total. The van der Waals surface area contributed by atoms with Crippen molar-refractivity contribution in [3.8, 4) is 5.75 Å². The summed E-state index contributed by atoms with van der Waals surface area (Å²) in [4.78, 5) is 4.56. The Morgan fingerprint density at radius 2 is 1.95 bits per heavy atom. The maximum absolute atomic E-state index is 10.0. The van der Waals surface area contributed by atoms with Gasteiger partial charge in [0.1, 0.15) is 5.75 Å². The van der Waals surface area contributed by atoms with Gasteiger partial charge < -0.3 is 15.3 Å². The molecular weight excluding hydrogens is 238 g/mol. The average Bonchev–Trinajstić information content (AvgIpc) is 2.39. The van der Waals surface area contributed by atoms with Crippen LogP contribution in [-0.4, -0.2) is 55.2 Å². The van der Waals surface area contributed by atoms with Crippen LogP contribution in [0.25, 0.3) is 0 Å². The molecule has 2 N–H and O–H groups in total. The Morgan fingerprint density at radius 3 is 2.58 bits per heavy atom. The second kappa shape index (κ2) is 6.37. The second-order valence-electron chi connectivity index (χ2n) is 5.61. The average molecular weight is 263 g/mol. The van der Waals surface area contributed by atoms with Crippen LogP contribution in [0.3, 0.4) is 0 Å². The molecule has 4 heteroatoms. The van der Waals surface area contributed by atoms with E-state index in [1.807, 2.05) is 20.2 Å². The number of benzene rings is 1. The second-order valence-corrected chi connectivity index (χ2v) is 5.61. The zero-order valence-corrected chi connectivity index (χ0v) is 12.2. The molecule has 0 amide bonds. The van der Waals surface area contributed by atoms with Gasteiger partial charge in [-0.1, -0.05) is 6.07 Å². The van der Waals surface area contributed by atoms with Crippen molar-refractivity contribution in [1.82, 2.24) is 15.1 Å². The van der Waals surface area contributed by atoms with E-state index in [1.54, 1.807) is 0 Å². The van der Waals surface area contributed by atoms with Gasteiger partial charge >= 0.3 is 0 Å². The van der Waals surface area contributed by atoms with Crippen molar-refractivity contribution in [3.63, 3.8) is 0 Å². The summed E-state index contributed by atoms with van der Waals surface area (Å²) in [6.07, 6.45) is 0. The molecule has 19 heavy (non-hydrogen) atoms. The number of phenols is 1. The minimum atomic E-state index is 0.412. The van der Waals surface area contributed by atoms with E-state index in [9.17, 15) is 5.11 Å². The lowest BCUT2D eigenvalue weighted by Crippen LogP contribution is -2.43. The van der Waals surface area contributed by atoms with Crippen LogP contribution in [0.1, 0.15) is 16.7 Å². The Hall–Kier alpha value is -1.10. The van der Waals surface area contributed by atoms with Crippen molar-refractivity contribution < 1.29 is 5.11 Å². The van der Waals surface area contributed by atoms with E-state index in [2.05, 4.69) is 28.1 Å². The smallest absolute Gasteiger partial charge is 0.120 e. The first-order valence-electron chi connectivity index (χ1n) is 6.96. The van der Waals surface area contributed by atoms with E-state index in [0.29, 0.717) is 5.75 Å². The number of nitrogens with zero attached hydrogens (tertiary/aromatic N) is 2. The fourth-order valence-corrected chi connectivity index (χ4v) is 2.59. The predicted octanol–water partition coefficient (Wildman–Crippen LogP) is 1.17. The molecule has 1 aliphatic heterocycles. The summed E-state index contributed by atoms with van der Waals surface area (Å²) in [6, 6.07) is 3.90. The molecule has 0 aromatic heterocycles. The van der Waals surface area contributed by atoms with Crippen LogP contribution >= 0.6 is 0 Å². The van der Waals surface area contributed by atoms with E-state index in [-0.39, 0.29) is 0 Å². The molecule has 1 fully saturated rings. The van der Waals surface area contributed by atoms with E-state index in [4.69, 9.17) is 0 Å². The standard InChI is InChI=1S/C15H25N3O/c1-12-13(10-18-8-6-16-7-9-18)4-5-15(19)14(12)11-17(2)3/h4-5,16,19H,6-11H2,1-3H3. The van der Waals surface area contributed by atoms with Crippen molar-refractivity contribution in [2.24, 2.45) is 0 Å². The third-order valence-corrected chi connectivity index (χ3v) is 3.76. The maximum Gasteiger partial charge on any atom is 0.120 e. The third kappa shape index (κ3) is 3.69. The molecule has 1 saturated heterocycles. The van der Waals surface area contributed by atoms with Crippen molar-refractivity contribution in [1.29, 1.82) is 0 Å². The summed E-state index contributed by atoms with van der Waals surface area (Å²) < 4.78 is 0. The van der Waals surface area contributed by atoms with Crippen LogP contribution in [0.2, 0.25) is 0 Å². The SMILES string of the molecule is Cc1c(CN2CCNCC2)ccc(O)c1CN(C)C. The van der Waals surface area contributed by atoms with E-state index >= 15 is 0 Å². The normalized spacial score (nSPS) is 17.1. The molecule has 0 bridgehead atoms. The molecule has 2 rings (SSSR count). The minimum absolute atomic E-state index is 0.412.